The lowest BCUT2D eigenvalue weighted by atomic mass is 9.91. The van der Waals surface area contributed by atoms with Gasteiger partial charge in [-0.15, -0.1) is 0 Å². The molecule has 0 bridgehead atoms. The summed E-state index contributed by atoms with van der Waals surface area (Å²) in [5.41, 5.74) is 0. The second-order valence-corrected chi connectivity index (χ2v) is 5.68. The zero-order valence-electron chi connectivity index (χ0n) is 11.1. The van der Waals surface area contributed by atoms with Gasteiger partial charge in [-0.3, -0.25) is 4.79 Å². The van der Waals surface area contributed by atoms with Gasteiger partial charge in [-0.25, -0.2) is 0 Å². The summed E-state index contributed by atoms with van der Waals surface area (Å²) >= 11 is 0. The first-order chi connectivity index (χ1) is 8.81. The van der Waals surface area contributed by atoms with Gasteiger partial charge in [0.25, 0.3) is 0 Å². The second kappa shape index (κ2) is 6.93. The fourth-order valence-electron chi connectivity index (χ4n) is 3.13. The summed E-state index contributed by atoms with van der Waals surface area (Å²) in [6, 6.07) is 0.191. The van der Waals surface area contributed by atoms with E-state index in [1.165, 1.54) is 19.3 Å². The number of allylic oxidation sites excluding steroid dienone is 2. The molecule has 3 unspecified atom stereocenters. The average Bonchev–Trinajstić information content (AvgIpc) is 2.64. The number of aliphatic hydroxyl groups excluding tert-OH is 1. The van der Waals surface area contributed by atoms with Crippen molar-refractivity contribution in [1.29, 1.82) is 0 Å². The minimum atomic E-state index is 0.151. The smallest absolute Gasteiger partial charge is 0.223 e. The Morgan fingerprint density at radius 2 is 2.00 bits per heavy atom. The van der Waals surface area contributed by atoms with E-state index < -0.39 is 0 Å². The van der Waals surface area contributed by atoms with Crippen molar-refractivity contribution in [2.24, 2.45) is 11.8 Å². The molecule has 2 aliphatic rings. The van der Waals surface area contributed by atoms with E-state index in [0.29, 0.717) is 0 Å². The quantitative estimate of drug-likeness (QED) is 0.598. The van der Waals surface area contributed by atoms with Gasteiger partial charge >= 0.3 is 0 Å². The van der Waals surface area contributed by atoms with Crippen LogP contribution in [0.3, 0.4) is 0 Å². The SMILES string of the molecule is O=C(NC1CCCCCC1CO)C1CC=CCC1. The highest BCUT2D eigenvalue weighted by atomic mass is 16.3. The summed E-state index contributed by atoms with van der Waals surface area (Å²) < 4.78 is 0. The molecular formula is C15H25NO2. The molecule has 102 valence electrons. The van der Waals surface area contributed by atoms with Crippen LogP contribution in [0.15, 0.2) is 12.2 Å². The maximum Gasteiger partial charge on any atom is 0.223 e. The van der Waals surface area contributed by atoms with E-state index in [1.807, 2.05) is 0 Å². The summed E-state index contributed by atoms with van der Waals surface area (Å²) in [6.07, 6.45) is 12.8. The van der Waals surface area contributed by atoms with Gasteiger partial charge in [-0.05, 0) is 32.1 Å². The zero-order valence-corrected chi connectivity index (χ0v) is 11.1. The molecule has 3 nitrogen and oxygen atoms in total. The lowest BCUT2D eigenvalue weighted by Crippen LogP contribution is -2.44. The Morgan fingerprint density at radius 1 is 1.17 bits per heavy atom. The standard InChI is InChI=1S/C15H25NO2/c17-11-13-9-5-2-6-10-14(13)16-15(18)12-7-3-1-4-8-12/h1,3,12-14,17H,2,4-11H2,(H,16,18). The van der Waals surface area contributed by atoms with Crippen LogP contribution < -0.4 is 5.32 Å². The number of hydrogen-bond acceptors (Lipinski definition) is 2. The van der Waals surface area contributed by atoms with Crippen LogP contribution >= 0.6 is 0 Å². The van der Waals surface area contributed by atoms with Crippen LogP contribution in [0.2, 0.25) is 0 Å². The maximum absolute atomic E-state index is 12.2. The fourth-order valence-corrected chi connectivity index (χ4v) is 3.13. The first-order valence-electron chi connectivity index (χ1n) is 7.37. The van der Waals surface area contributed by atoms with Gasteiger partial charge in [-0.2, -0.15) is 0 Å². The van der Waals surface area contributed by atoms with E-state index in [-0.39, 0.29) is 30.4 Å². The molecule has 0 aromatic heterocycles. The van der Waals surface area contributed by atoms with Crippen LogP contribution in [0.5, 0.6) is 0 Å². The molecule has 1 fully saturated rings. The Kier molecular flexibility index (Phi) is 5.24. The van der Waals surface area contributed by atoms with Crippen LogP contribution in [0.1, 0.15) is 51.4 Å². The number of rotatable bonds is 3. The molecule has 3 heteroatoms. The van der Waals surface area contributed by atoms with Gasteiger partial charge in [-0.1, -0.05) is 31.4 Å². The van der Waals surface area contributed by atoms with E-state index in [2.05, 4.69) is 17.5 Å². The van der Waals surface area contributed by atoms with Gasteiger partial charge < -0.3 is 10.4 Å². The first kappa shape index (κ1) is 13.6. The Balaban J connectivity index is 1.89. The number of amides is 1. The predicted molar refractivity (Wildman–Crippen MR) is 72.1 cm³/mol. The molecular weight excluding hydrogens is 226 g/mol. The summed E-state index contributed by atoms with van der Waals surface area (Å²) in [5.74, 6) is 0.609. The van der Waals surface area contributed by atoms with Gasteiger partial charge in [0.15, 0.2) is 0 Å². The zero-order chi connectivity index (χ0) is 12.8. The van der Waals surface area contributed by atoms with Crippen molar-refractivity contribution >= 4 is 5.91 Å². The van der Waals surface area contributed by atoms with Crippen LogP contribution in [0, 0.1) is 11.8 Å². The lowest BCUT2D eigenvalue weighted by Gasteiger charge is -2.27. The van der Waals surface area contributed by atoms with Gasteiger partial charge in [0.2, 0.25) is 5.91 Å². The molecule has 0 radical (unpaired) electrons. The molecule has 2 rings (SSSR count). The summed E-state index contributed by atoms with van der Waals surface area (Å²) in [6.45, 7) is 0.204. The molecule has 1 amide bonds. The van der Waals surface area contributed by atoms with E-state index in [0.717, 1.165) is 32.1 Å². The molecule has 0 aromatic carbocycles. The van der Waals surface area contributed by atoms with Gasteiger partial charge in [0.05, 0.1) is 0 Å². The monoisotopic (exact) mass is 251 g/mol. The highest BCUT2D eigenvalue weighted by Crippen LogP contribution is 2.25. The minimum Gasteiger partial charge on any atom is -0.396 e. The van der Waals surface area contributed by atoms with E-state index >= 15 is 0 Å². The topological polar surface area (TPSA) is 49.3 Å². The van der Waals surface area contributed by atoms with Crippen molar-refractivity contribution in [1.82, 2.24) is 5.32 Å². The molecule has 0 spiro atoms. The van der Waals surface area contributed by atoms with Crippen LogP contribution in [0.25, 0.3) is 0 Å². The van der Waals surface area contributed by atoms with Gasteiger partial charge in [0.1, 0.15) is 0 Å². The molecule has 0 saturated heterocycles. The Hall–Kier alpha value is -0.830. The highest BCUT2D eigenvalue weighted by molar-refractivity contribution is 5.79. The normalized spacial score (nSPS) is 32.8. The van der Waals surface area contributed by atoms with Crippen LogP contribution in [-0.4, -0.2) is 23.7 Å². The van der Waals surface area contributed by atoms with Crippen LogP contribution in [-0.2, 0) is 4.79 Å². The molecule has 3 atom stereocenters. The van der Waals surface area contributed by atoms with Crippen molar-refractivity contribution in [3.05, 3.63) is 12.2 Å². The molecule has 0 aliphatic heterocycles. The third-order valence-electron chi connectivity index (χ3n) is 4.36. The summed E-state index contributed by atoms with van der Waals surface area (Å²) in [7, 11) is 0. The number of aliphatic hydroxyl groups is 1. The van der Waals surface area contributed by atoms with E-state index in [9.17, 15) is 9.90 Å². The van der Waals surface area contributed by atoms with Crippen LogP contribution in [0.4, 0.5) is 0 Å². The largest absolute Gasteiger partial charge is 0.396 e. The Labute approximate surface area is 110 Å². The highest BCUT2D eigenvalue weighted by Gasteiger charge is 2.27. The number of carbonyl (C=O) groups excluding carboxylic acids is 1. The average molecular weight is 251 g/mol. The lowest BCUT2D eigenvalue weighted by molar-refractivity contribution is -0.126. The molecule has 2 aliphatic carbocycles. The molecule has 1 saturated carbocycles. The molecule has 0 aromatic rings. The van der Waals surface area contributed by atoms with E-state index in [4.69, 9.17) is 0 Å². The number of hydrogen-bond donors (Lipinski definition) is 2. The predicted octanol–water partition coefficient (Wildman–Crippen LogP) is 2.40. The van der Waals surface area contributed by atoms with Crippen molar-refractivity contribution in [2.45, 2.75) is 57.4 Å². The minimum absolute atomic E-state index is 0.151. The maximum atomic E-state index is 12.2. The van der Waals surface area contributed by atoms with Crippen molar-refractivity contribution in [3.8, 4) is 0 Å². The first-order valence-corrected chi connectivity index (χ1v) is 7.37. The second-order valence-electron chi connectivity index (χ2n) is 5.68. The number of nitrogens with one attached hydrogen (secondary N) is 1. The van der Waals surface area contributed by atoms with Crippen molar-refractivity contribution < 1.29 is 9.90 Å². The Bertz CT molecular complexity index is 301. The fraction of sp³-hybridized carbons (Fsp3) is 0.800. The number of carbonyl (C=O) groups is 1. The summed E-state index contributed by atoms with van der Waals surface area (Å²) in [4.78, 5) is 12.2. The van der Waals surface area contributed by atoms with Crippen molar-refractivity contribution in [3.63, 3.8) is 0 Å². The van der Waals surface area contributed by atoms with E-state index in [1.54, 1.807) is 0 Å². The van der Waals surface area contributed by atoms with Crippen molar-refractivity contribution in [2.75, 3.05) is 6.61 Å². The summed E-state index contributed by atoms with van der Waals surface area (Å²) in [5, 5.41) is 12.6. The van der Waals surface area contributed by atoms with Gasteiger partial charge in [0, 0.05) is 24.5 Å². The Morgan fingerprint density at radius 3 is 2.72 bits per heavy atom. The molecule has 2 N–H and O–H groups in total. The third kappa shape index (κ3) is 3.58. The molecule has 0 heterocycles. The third-order valence-corrected chi connectivity index (χ3v) is 4.36. The molecule has 18 heavy (non-hydrogen) atoms.